The predicted molar refractivity (Wildman–Crippen MR) is 56.5 cm³/mol. The summed E-state index contributed by atoms with van der Waals surface area (Å²) in [6.07, 6.45) is 0.431. The van der Waals surface area contributed by atoms with Crippen molar-refractivity contribution >= 4 is 5.91 Å². The monoisotopic (exact) mass is 216 g/mol. The van der Waals surface area contributed by atoms with Gasteiger partial charge in [-0.3, -0.25) is 4.79 Å². The summed E-state index contributed by atoms with van der Waals surface area (Å²) in [7, 11) is 1.72. The van der Waals surface area contributed by atoms with Gasteiger partial charge < -0.3 is 20.1 Å². The molecule has 5 nitrogen and oxygen atoms in total. The van der Waals surface area contributed by atoms with E-state index in [1.165, 1.54) is 0 Å². The number of aliphatic hydroxyl groups excluding tert-OH is 1. The first-order chi connectivity index (χ1) is 7.15. The average molecular weight is 216 g/mol. The molecular formula is C10H20N2O3. The zero-order valence-electron chi connectivity index (χ0n) is 9.40. The van der Waals surface area contributed by atoms with Crippen LogP contribution < -0.4 is 5.32 Å². The number of amides is 1. The van der Waals surface area contributed by atoms with E-state index in [2.05, 4.69) is 5.32 Å². The van der Waals surface area contributed by atoms with E-state index in [0.29, 0.717) is 19.6 Å². The highest BCUT2D eigenvalue weighted by Gasteiger charge is 2.21. The van der Waals surface area contributed by atoms with Gasteiger partial charge in [-0.25, -0.2) is 0 Å². The molecule has 88 valence electrons. The zero-order valence-corrected chi connectivity index (χ0v) is 9.40. The van der Waals surface area contributed by atoms with E-state index in [4.69, 9.17) is 9.84 Å². The van der Waals surface area contributed by atoms with E-state index in [1.54, 1.807) is 11.9 Å². The maximum atomic E-state index is 11.7. The Labute approximate surface area is 90.4 Å². The molecule has 1 saturated heterocycles. The summed E-state index contributed by atoms with van der Waals surface area (Å²) in [5.74, 6) is 0.0413. The summed E-state index contributed by atoms with van der Waals surface area (Å²) in [6, 6.07) is -0.0124. The molecule has 0 aliphatic carbocycles. The van der Waals surface area contributed by atoms with Gasteiger partial charge in [0.15, 0.2) is 0 Å². The maximum Gasteiger partial charge on any atom is 0.224 e. The van der Waals surface area contributed by atoms with Crippen LogP contribution in [-0.2, 0) is 9.53 Å². The van der Waals surface area contributed by atoms with Gasteiger partial charge in [-0.2, -0.15) is 0 Å². The molecule has 1 fully saturated rings. The van der Waals surface area contributed by atoms with E-state index in [9.17, 15) is 4.79 Å². The lowest BCUT2D eigenvalue weighted by Crippen LogP contribution is -2.46. The fourth-order valence-corrected chi connectivity index (χ4v) is 1.47. The number of nitrogens with zero attached hydrogens (tertiary/aromatic N) is 1. The van der Waals surface area contributed by atoms with Gasteiger partial charge in [0.05, 0.1) is 25.9 Å². The van der Waals surface area contributed by atoms with Gasteiger partial charge in [0.25, 0.3) is 0 Å². The summed E-state index contributed by atoms with van der Waals surface area (Å²) in [4.78, 5) is 13.3. The van der Waals surface area contributed by atoms with Crippen LogP contribution in [-0.4, -0.2) is 61.4 Å². The molecule has 0 saturated carbocycles. The van der Waals surface area contributed by atoms with Crippen molar-refractivity contribution in [2.45, 2.75) is 25.4 Å². The summed E-state index contributed by atoms with van der Waals surface area (Å²) in [5.41, 5.74) is 0. The molecule has 1 rings (SSSR count). The third-order valence-corrected chi connectivity index (χ3v) is 2.74. The Bertz CT molecular complexity index is 205. The number of rotatable bonds is 4. The third kappa shape index (κ3) is 3.77. The standard InChI is InChI=1S/C10H20N2O3/c1-8(6-13)12(2)10(14)5-9-7-15-4-3-11-9/h8-9,11,13H,3-7H2,1-2H3. The molecule has 0 aromatic carbocycles. The number of likely N-dealkylation sites (N-methyl/N-ethyl adjacent to an activating group) is 1. The van der Waals surface area contributed by atoms with Gasteiger partial charge in [-0.05, 0) is 6.92 Å². The van der Waals surface area contributed by atoms with Crippen molar-refractivity contribution in [2.75, 3.05) is 33.4 Å². The number of carbonyl (C=O) groups is 1. The van der Waals surface area contributed by atoms with E-state index in [-0.39, 0.29) is 24.6 Å². The number of carbonyl (C=O) groups excluding carboxylic acids is 1. The maximum absolute atomic E-state index is 11.7. The number of aliphatic hydroxyl groups is 1. The number of hydrogen-bond donors (Lipinski definition) is 2. The predicted octanol–water partition coefficient (Wildman–Crippen LogP) is -0.796. The lowest BCUT2D eigenvalue weighted by molar-refractivity contribution is -0.133. The van der Waals surface area contributed by atoms with Gasteiger partial charge in [-0.1, -0.05) is 0 Å². The molecule has 1 amide bonds. The molecular weight excluding hydrogens is 196 g/mol. The first-order valence-electron chi connectivity index (χ1n) is 5.32. The van der Waals surface area contributed by atoms with Gasteiger partial charge in [0, 0.05) is 26.1 Å². The Balaban J connectivity index is 2.33. The summed E-state index contributed by atoms with van der Waals surface area (Å²) in [6.45, 7) is 3.93. The van der Waals surface area contributed by atoms with Crippen molar-refractivity contribution in [2.24, 2.45) is 0 Å². The van der Waals surface area contributed by atoms with E-state index < -0.39 is 0 Å². The lowest BCUT2D eigenvalue weighted by Gasteiger charge is -2.28. The van der Waals surface area contributed by atoms with Crippen molar-refractivity contribution < 1.29 is 14.6 Å². The molecule has 1 heterocycles. The van der Waals surface area contributed by atoms with Crippen LogP contribution in [0.3, 0.4) is 0 Å². The number of nitrogens with one attached hydrogen (secondary N) is 1. The molecule has 0 radical (unpaired) electrons. The Morgan fingerprint density at radius 3 is 3.00 bits per heavy atom. The Kier molecular flexibility index (Phi) is 5.01. The molecule has 2 atom stereocenters. The molecule has 0 bridgehead atoms. The van der Waals surface area contributed by atoms with Crippen molar-refractivity contribution in [1.29, 1.82) is 0 Å². The molecule has 15 heavy (non-hydrogen) atoms. The van der Waals surface area contributed by atoms with E-state index in [1.807, 2.05) is 6.92 Å². The smallest absolute Gasteiger partial charge is 0.224 e. The van der Waals surface area contributed by atoms with Gasteiger partial charge in [0.1, 0.15) is 0 Å². The van der Waals surface area contributed by atoms with Crippen molar-refractivity contribution in [3.63, 3.8) is 0 Å². The molecule has 0 aromatic rings. The van der Waals surface area contributed by atoms with Gasteiger partial charge in [-0.15, -0.1) is 0 Å². The number of ether oxygens (including phenoxy) is 1. The minimum atomic E-state index is -0.123. The Morgan fingerprint density at radius 1 is 1.73 bits per heavy atom. The highest BCUT2D eigenvalue weighted by molar-refractivity contribution is 5.76. The van der Waals surface area contributed by atoms with Crippen molar-refractivity contribution in [1.82, 2.24) is 10.2 Å². The van der Waals surface area contributed by atoms with E-state index >= 15 is 0 Å². The van der Waals surface area contributed by atoms with Crippen LogP contribution >= 0.6 is 0 Å². The Hall–Kier alpha value is -0.650. The molecule has 1 aliphatic heterocycles. The van der Waals surface area contributed by atoms with E-state index in [0.717, 1.165) is 6.54 Å². The summed E-state index contributed by atoms with van der Waals surface area (Å²) < 4.78 is 5.27. The van der Waals surface area contributed by atoms with Gasteiger partial charge in [0.2, 0.25) is 5.91 Å². The SMILES string of the molecule is CC(CO)N(C)C(=O)CC1COCCN1. The molecule has 0 aromatic heterocycles. The second kappa shape index (κ2) is 6.05. The van der Waals surface area contributed by atoms with Crippen LogP contribution in [0.1, 0.15) is 13.3 Å². The van der Waals surface area contributed by atoms with Crippen LogP contribution in [0.5, 0.6) is 0 Å². The van der Waals surface area contributed by atoms with Crippen LogP contribution in [0.25, 0.3) is 0 Å². The van der Waals surface area contributed by atoms with Gasteiger partial charge >= 0.3 is 0 Å². The normalized spacial score (nSPS) is 23.5. The highest BCUT2D eigenvalue weighted by atomic mass is 16.5. The second-order valence-electron chi connectivity index (χ2n) is 3.97. The topological polar surface area (TPSA) is 61.8 Å². The van der Waals surface area contributed by atoms with Crippen molar-refractivity contribution in [3.8, 4) is 0 Å². The summed E-state index contributed by atoms with van der Waals surface area (Å²) >= 11 is 0. The average Bonchev–Trinajstić information content (AvgIpc) is 2.28. The van der Waals surface area contributed by atoms with Crippen molar-refractivity contribution in [3.05, 3.63) is 0 Å². The quantitative estimate of drug-likeness (QED) is 0.646. The largest absolute Gasteiger partial charge is 0.394 e. The van der Waals surface area contributed by atoms with Crippen LogP contribution in [0.15, 0.2) is 0 Å². The first-order valence-corrected chi connectivity index (χ1v) is 5.32. The second-order valence-corrected chi connectivity index (χ2v) is 3.97. The molecule has 2 unspecified atom stereocenters. The minimum Gasteiger partial charge on any atom is -0.394 e. The molecule has 2 N–H and O–H groups in total. The Morgan fingerprint density at radius 2 is 2.47 bits per heavy atom. The summed E-state index contributed by atoms with van der Waals surface area (Å²) in [5, 5.41) is 12.2. The number of hydrogen-bond acceptors (Lipinski definition) is 4. The molecule has 1 aliphatic rings. The highest BCUT2D eigenvalue weighted by Crippen LogP contribution is 2.04. The molecule has 0 spiro atoms. The fourth-order valence-electron chi connectivity index (χ4n) is 1.47. The fraction of sp³-hybridized carbons (Fsp3) is 0.900. The number of morpholine rings is 1. The first kappa shape index (κ1) is 12.4. The lowest BCUT2D eigenvalue weighted by atomic mass is 10.1. The third-order valence-electron chi connectivity index (χ3n) is 2.74. The zero-order chi connectivity index (χ0) is 11.3. The van der Waals surface area contributed by atoms with Crippen LogP contribution in [0.4, 0.5) is 0 Å². The van der Waals surface area contributed by atoms with Crippen LogP contribution in [0, 0.1) is 0 Å². The molecule has 5 heteroatoms. The van der Waals surface area contributed by atoms with Crippen LogP contribution in [0.2, 0.25) is 0 Å². The minimum absolute atomic E-state index is 0.00314.